The van der Waals surface area contributed by atoms with E-state index in [0.717, 1.165) is 5.39 Å². The van der Waals surface area contributed by atoms with E-state index in [0.29, 0.717) is 11.8 Å². The maximum absolute atomic E-state index is 12.1. The van der Waals surface area contributed by atoms with Crippen LogP contribution in [-0.2, 0) is 4.74 Å². The number of hydrogen-bond donors (Lipinski definition) is 0. The van der Waals surface area contributed by atoms with E-state index in [9.17, 15) is 9.59 Å². The van der Waals surface area contributed by atoms with Crippen LogP contribution >= 0.6 is 0 Å². The number of rotatable bonds is 1. The lowest BCUT2D eigenvalue weighted by molar-refractivity contribution is 0.0538. The Morgan fingerprint density at radius 1 is 1.44 bits per heavy atom. The number of nitrogens with zero attached hydrogens (tertiary/aromatic N) is 2. The Kier molecular flexibility index (Phi) is 2.90. The highest BCUT2D eigenvalue weighted by molar-refractivity contribution is 5.96. The summed E-state index contributed by atoms with van der Waals surface area (Å²) < 4.78 is 6.54. The van der Waals surface area contributed by atoms with E-state index in [1.165, 1.54) is 4.57 Å². The van der Waals surface area contributed by atoms with Crippen molar-refractivity contribution in [3.8, 4) is 0 Å². The predicted octanol–water partition coefficient (Wildman–Crippen LogP) is 2.63. The van der Waals surface area contributed by atoms with E-state index in [1.807, 2.05) is 0 Å². The number of ether oxygens (including phenoxy) is 1. The zero-order chi connectivity index (χ0) is 13.3. The molecule has 0 atom stereocenters. The van der Waals surface area contributed by atoms with Crippen LogP contribution in [0.3, 0.4) is 0 Å². The van der Waals surface area contributed by atoms with Gasteiger partial charge in [-0.1, -0.05) is 0 Å². The van der Waals surface area contributed by atoms with Gasteiger partial charge in [-0.15, -0.1) is 0 Å². The second kappa shape index (κ2) is 4.25. The molecule has 2 heterocycles. The average molecular weight is 246 g/mol. The van der Waals surface area contributed by atoms with Gasteiger partial charge < -0.3 is 4.74 Å². The van der Waals surface area contributed by atoms with Crippen LogP contribution < -0.4 is 0 Å². The van der Waals surface area contributed by atoms with Crippen molar-refractivity contribution in [3.05, 3.63) is 30.2 Å². The largest absolute Gasteiger partial charge is 0.443 e. The minimum atomic E-state index is -0.610. The van der Waals surface area contributed by atoms with Crippen molar-refractivity contribution in [1.82, 2.24) is 9.55 Å². The number of aromatic nitrogens is 2. The van der Waals surface area contributed by atoms with Crippen LogP contribution in [0.25, 0.3) is 10.9 Å². The van der Waals surface area contributed by atoms with Crippen LogP contribution in [0.1, 0.15) is 31.3 Å². The summed E-state index contributed by atoms with van der Waals surface area (Å²) in [4.78, 5) is 27.0. The lowest BCUT2D eigenvalue weighted by Crippen LogP contribution is -2.27. The zero-order valence-corrected chi connectivity index (χ0v) is 10.5. The second-order valence-corrected chi connectivity index (χ2v) is 4.94. The molecule has 0 unspecified atom stereocenters. The highest BCUT2D eigenvalue weighted by Crippen LogP contribution is 2.19. The van der Waals surface area contributed by atoms with E-state index in [4.69, 9.17) is 4.74 Å². The first-order valence-electron chi connectivity index (χ1n) is 5.56. The Hall–Kier alpha value is -2.17. The van der Waals surface area contributed by atoms with Crippen LogP contribution in [-0.4, -0.2) is 27.5 Å². The molecule has 0 fully saturated rings. The Labute approximate surface area is 104 Å². The van der Waals surface area contributed by atoms with Gasteiger partial charge in [0.15, 0.2) is 6.29 Å². The first-order chi connectivity index (χ1) is 8.42. The zero-order valence-electron chi connectivity index (χ0n) is 10.5. The minimum absolute atomic E-state index is 0.257. The molecule has 18 heavy (non-hydrogen) atoms. The quantitative estimate of drug-likeness (QED) is 0.726. The summed E-state index contributed by atoms with van der Waals surface area (Å²) in [7, 11) is 0. The summed E-state index contributed by atoms with van der Waals surface area (Å²) in [5.74, 6) is 0. The molecule has 0 amide bonds. The van der Waals surface area contributed by atoms with Crippen molar-refractivity contribution in [3.63, 3.8) is 0 Å². The van der Waals surface area contributed by atoms with E-state index < -0.39 is 11.7 Å². The second-order valence-electron chi connectivity index (χ2n) is 4.94. The van der Waals surface area contributed by atoms with Gasteiger partial charge in [0.25, 0.3) is 0 Å². The molecule has 5 nitrogen and oxygen atoms in total. The van der Waals surface area contributed by atoms with Gasteiger partial charge in [0.2, 0.25) is 0 Å². The standard InChI is InChI=1S/C13H14N2O3/c1-13(2,3)18-12(17)15-10(8-16)6-9-7-14-5-4-11(9)15/h4-8H,1-3H3. The molecular formula is C13H14N2O3. The predicted molar refractivity (Wildman–Crippen MR) is 66.8 cm³/mol. The monoisotopic (exact) mass is 246 g/mol. The van der Waals surface area contributed by atoms with Crippen LogP contribution in [0.4, 0.5) is 4.79 Å². The lowest BCUT2D eigenvalue weighted by Gasteiger charge is -2.20. The van der Waals surface area contributed by atoms with Crippen molar-refractivity contribution in [1.29, 1.82) is 0 Å². The highest BCUT2D eigenvalue weighted by atomic mass is 16.6. The first-order valence-corrected chi connectivity index (χ1v) is 5.56. The molecule has 0 saturated heterocycles. The molecule has 0 aromatic carbocycles. The summed E-state index contributed by atoms with van der Waals surface area (Å²) in [5, 5.41) is 0.727. The van der Waals surface area contributed by atoms with E-state index in [-0.39, 0.29) is 5.69 Å². The summed E-state index contributed by atoms with van der Waals surface area (Å²) in [5.41, 5.74) is 0.259. The maximum atomic E-state index is 12.1. The molecule has 2 aromatic heterocycles. The average Bonchev–Trinajstić information content (AvgIpc) is 2.64. The molecule has 5 heteroatoms. The molecule has 0 spiro atoms. The molecule has 0 saturated carbocycles. The molecule has 94 valence electrons. The number of pyridine rings is 1. The number of hydrogen-bond acceptors (Lipinski definition) is 4. The summed E-state index contributed by atoms with van der Waals surface area (Å²) in [6.07, 6.45) is 3.23. The van der Waals surface area contributed by atoms with Gasteiger partial charge in [0, 0.05) is 17.8 Å². The van der Waals surface area contributed by atoms with Crippen LogP contribution in [0, 0.1) is 0 Å². The van der Waals surface area contributed by atoms with Crippen molar-refractivity contribution in [2.24, 2.45) is 0 Å². The molecule has 0 aliphatic heterocycles. The molecule has 2 aromatic rings. The lowest BCUT2D eigenvalue weighted by atomic mass is 10.2. The summed E-state index contributed by atoms with van der Waals surface area (Å²) >= 11 is 0. The van der Waals surface area contributed by atoms with Gasteiger partial charge in [0.1, 0.15) is 5.60 Å². The van der Waals surface area contributed by atoms with E-state index in [1.54, 1.807) is 45.3 Å². The van der Waals surface area contributed by atoms with Crippen molar-refractivity contribution >= 4 is 23.3 Å². The fraction of sp³-hybridized carbons (Fsp3) is 0.308. The molecule has 0 bridgehead atoms. The summed E-state index contributed by atoms with van der Waals surface area (Å²) in [6, 6.07) is 3.28. The normalized spacial score (nSPS) is 11.5. The van der Waals surface area contributed by atoms with Gasteiger partial charge in [0.05, 0.1) is 11.2 Å². The van der Waals surface area contributed by atoms with Gasteiger partial charge in [-0.05, 0) is 32.9 Å². The molecule has 2 rings (SSSR count). The number of fused-ring (bicyclic) bond motifs is 1. The first kappa shape index (κ1) is 12.3. The number of carbonyl (C=O) groups is 2. The fourth-order valence-electron chi connectivity index (χ4n) is 1.68. The highest BCUT2D eigenvalue weighted by Gasteiger charge is 2.21. The van der Waals surface area contributed by atoms with Gasteiger partial charge in [-0.25, -0.2) is 9.36 Å². The Bertz CT molecular complexity index is 608. The van der Waals surface area contributed by atoms with Crippen molar-refractivity contribution in [2.75, 3.05) is 0 Å². The molecule has 0 aliphatic carbocycles. The van der Waals surface area contributed by atoms with Crippen LogP contribution in [0.2, 0.25) is 0 Å². The maximum Gasteiger partial charge on any atom is 0.419 e. The van der Waals surface area contributed by atoms with Crippen LogP contribution in [0.5, 0.6) is 0 Å². The Morgan fingerprint density at radius 2 is 2.17 bits per heavy atom. The van der Waals surface area contributed by atoms with Gasteiger partial charge >= 0.3 is 6.09 Å². The summed E-state index contributed by atoms with van der Waals surface area (Å²) in [6.45, 7) is 5.33. The topological polar surface area (TPSA) is 61.2 Å². The number of aldehydes is 1. The third kappa shape index (κ3) is 2.25. The Morgan fingerprint density at radius 3 is 2.78 bits per heavy atom. The fourth-order valence-corrected chi connectivity index (χ4v) is 1.68. The van der Waals surface area contributed by atoms with E-state index in [2.05, 4.69) is 4.98 Å². The Balaban J connectivity index is 2.55. The molecule has 0 N–H and O–H groups in total. The molecular weight excluding hydrogens is 232 g/mol. The third-order valence-electron chi connectivity index (χ3n) is 2.33. The van der Waals surface area contributed by atoms with Crippen molar-refractivity contribution in [2.45, 2.75) is 26.4 Å². The third-order valence-corrected chi connectivity index (χ3v) is 2.33. The van der Waals surface area contributed by atoms with Crippen molar-refractivity contribution < 1.29 is 14.3 Å². The smallest absolute Gasteiger partial charge is 0.419 e. The molecule has 0 radical (unpaired) electrons. The number of carbonyl (C=O) groups excluding carboxylic acids is 2. The van der Waals surface area contributed by atoms with Crippen LogP contribution in [0.15, 0.2) is 24.5 Å². The van der Waals surface area contributed by atoms with E-state index >= 15 is 0 Å². The van der Waals surface area contributed by atoms with Gasteiger partial charge in [-0.2, -0.15) is 0 Å². The SMILES string of the molecule is CC(C)(C)OC(=O)n1c(C=O)cc2cnccc21. The molecule has 0 aliphatic rings. The van der Waals surface area contributed by atoms with Gasteiger partial charge in [-0.3, -0.25) is 9.78 Å². The minimum Gasteiger partial charge on any atom is -0.443 e.